The van der Waals surface area contributed by atoms with E-state index >= 15 is 0 Å². The van der Waals surface area contributed by atoms with Gasteiger partial charge in [0.1, 0.15) is 11.6 Å². The molecule has 0 aliphatic heterocycles. The van der Waals surface area contributed by atoms with Crippen molar-refractivity contribution in [2.75, 3.05) is 13.2 Å². The SMILES string of the molecule is CCCOCCC(O)c1c(F)ccc(C)c1F. The van der Waals surface area contributed by atoms with Crippen molar-refractivity contribution in [2.24, 2.45) is 0 Å². The Morgan fingerprint density at radius 1 is 1.29 bits per heavy atom. The van der Waals surface area contributed by atoms with Gasteiger partial charge in [0.2, 0.25) is 0 Å². The normalized spacial score (nSPS) is 12.8. The number of aryl methyl sites for hydroxylation is 1. The van der Waals surface area contributed by atoms with Gasteiger partial charge < -0.3 is 9.84 Å². The molecule has 0 fully saturated rings. The molecule has 1 atom stereocenters. The first kappa shape index (κ1) is 14.1. The highest BCUT2D eigenvalue weighted by Gasteiger charge is 2.19. The lowest BCUT2D eigenvalue weighted by Crippen LogP contribution is -2.09. The first-order valence-corrected chi connectivity index (χ1v) is 5.78. The van der Waals surface area contributed by atoms with Gasteiger partial charge in [-0.05, 0) is 25.0 Å². The van der Waals surface area contributed by atoms with Crippen LogP contribution in [0.5, 0.6) is 0 Å². The quantitative estimate of drug-likeness (QED) is 0.779. The number of hydrogen-bond acceptors (Lipinski definition) is 2. The molecule has 1 N–H and O–H groups in total. The van der Waals surface area contributed by atoms with Crippen LogP contribution in [0, 0.1) is 18.6 Å². The number of rotatable bonds is 6. The number of benzene rings is 1. The van der Waals surface area contributed by atoms with Gasteiger partial charge in [-0.3, -0.25) is 0 Å². The average molecular weight is 244 g/mol. The van der Waals surface area contributed by atoms with Gasteiger partial charge in [-0.15, -0.1) is 0 Å². The molecule has 0 saturated carbocycles. The highest BCUT2D eigenvalue weighted by atomic mass is 19.1. The maximum atomic E-state index is 13.6. The summed E-state index contributed by atoms with van der Waals surface area (Å²) in [6.07, 6.45) is -0.0904. The van der Waals surface area contributed by atoms with Crippen LogP contribution in [-0.4, -0.2) is 18.3 Å². The second-order valence-electron chi connectivity index (χ2n) is 4.01. The molecule has 1 rings (SSSR count). The summed E-state index contributed by atoms with van der Waals surface area (Å²) < 4.78 is 32.2. The highest BCUT2D eigenvalue weighted by Crippen LogP contribution is 2.25. The molecule has 0 amide bonds. The molecule has 0 aliphatic rings. The minimum absolute atomic E-state index is 0.192. The third-order valence-electron chi connectivity index (χ3n) is 2.54. The molecule has 0 bridgehead atoms. The van der Waals surface area contributed by atoms with Crippen LogP contribution in [0.25, 0.3) is 0 Å². The van der Waals surface area contributed by atoms with E-state index in [1.54, 1.807) is 6.92 Å². The summed E-state index contributed by atoms with van der Waals surface area (Å²) in [4.78, 5) is 0. The van der Waals surface area contributed by atoms with E-state index in [1.807, 2.05) is 6.92 Å². The molecule has 0 aromatic heterocycles. The first-order valence-electron chi connectivity index (χ1n) is 5.78. The third kappa shape index (κ3) is 3.75. The summed E-state index contributed by atoms with van der Waals surface area (Å²) in [7, 11) is 0. The molecule has 0 radical (unpaired) electrons. The third-order valence-corrected chi connectivity index (χ3v) is 2.54. The van der Waals surface area contributed by atoms with Crippen LogP contribution in [0.2, 0.25) is 0 Å². The Morgan fingerprint density at radius 3 is 2.65 bits per heavy atom. The average Bonchev–Trinajstić information content (AvgIpc) is 2.30. The fourth-order valence-corrected chi connectivity index (χ4v) is 1.57. The van der Waals surface area contributed by atoms with E-state index in [-0.39, 0.29) is 12.0 Å². The van der Waals surface area contributed by atoms with E-state index in [2.05, 4.69) is 0 Å². The Labute approximate surface area is 100 Å². The van der Waals surface area contributed by atoms with Gasteiger partial charge in [-0.25, -0.2) is 8.78 Å². The Kier molecular flexibility index (Phi) is 5.51. The summed E-state index contributed by atoms with van der Waals surface area (Å²) in [5.74, 6) is -1.39. The molecular formula is C13H18F2O2. The van der Waals surface area contributed by atoms with Crippen molar-refractivity contribution in [1.29, 1.82) is 0 Å². The van der Waals surface area contributed by atoms with Gasteiger partial charge in [0.15, 0.2) is 0 Å². The second-order valence-corrected chi connectivity index (χ2v) is 4.01. The van der Waals surface area contributed by atoms with Crippen molar-refractivity contribution < 1.29 is 18.6 Å². The van der Waals surface area contributed by atoms with E-state index in [0.29, 0.717) is 18.8 Å². The van der Waals surface area contributed by atoms with Crippen molar-refractivity contribution in [3.8, 4) is 0 Å². The predicted molar refractivity (Wildman–Crippen MR) is 61.8 cm³/mol. The Balaban J connectivity index is 2.68. The summed E-state index contributed by atoms with van der Waals surface area (Å²) in [6.45, 7) is 4.39. The second kappa shape index (κ2) is 6.67. The topological polar surface area (TPSA) is 29.5 Å². The molecular weight excluding hydrogens is 226 g/mol. The zero-order valence-corrected chi connectivity index (χ0v) is 10.2. The fourth-order valence-electron chi connectivity index (χ4n) is 1.57. The Bertz CT molecular complexity index is 367. The maximum absolute atomic E-state index is 13.6. The van der Waals surface area contributed by atoms with Crippen LogP contribution in [0.15, 0.2) is 12.1 Å². The molecule has 2 nitrogen and oxygen atoms in total. The van der Waals surface area contributed by atoms with Gasteiger partial charge in [0, 0.05) is 19.6 Å². The van der Waals surface area contributed by atoms with Crippen LogP contribution in [-0.2, 0) is 4.74 Å². The number of ether oxygens (including phenoxy) is 1. The van der Waals surface area contributed by atoms with E-state index in [1.165, 1.54) is 12.1 Å². The van der Waals surface area contributed by atoms with Crippen LogP contribution in [0.4, 0.5) is 8.78 Å². The van der Waals surface area contributed by atoms with Crippen LogP contribution >= 0.6 is 0 Å². The molecule has 1 unspecified atom stereocenters. The molecule has 0 heterocycles. The zero-order chi connectivity index (χ0) is 12.8. The smallest absolute Gasteiger partial charge is 0.134 e. The minimum Gasteiger partial charge on any atom is -0.388 e. The summed E-state index contributed by atoms with van der Waals surface area (Å²) in [5, 5.41) is 9.75. The van der Waals surface area contributed by atoms with Crippen LogP contribution in [0.1, 0.15) is 37.0 Å². The molecule has 1 aromatic rings. The van der Waals surface area contributed by atoms with Crippen molar-refractivity contribution in [1.82, 2.24) is 0 Å². The van der Waals surface area contributed by atoms with Crippen molar-refractivity contribution >= 4 is 0 Å². The number of aliphatic hydroxyl groups excluding tert-OH is 1. The Hall–Kier alpha value is -1.00. The van der Waals surface area contributed by atoms with Gasteiger partial charge >= 0.3 is 0 Å². The predicted octanol–water partition coefficient (Wildman–Crippen LogP) is 3.12. The lowest BCUT2D eigenvalue weighted by atomic mass is 10.0. The molecule has 1 aromatic carbocycles. The number of hydrogen-bond donors (Lipinski definition) is 1. The van der Waals surface area contributed by atoms with Crippen molar-refractivity contribution in [2.45, 2.75) is 32.8 Å². The Morgan fingerprint density at radius 2 is 2.00 bits per heavy atom. The molecule has 96 valence electrons. The monoisotopic (exact) mass is 244 g/mol. The minimum atomic E-state index is -1.16. The summed E-state index contributed by atoms with van der Waals surface area (Å²) in [6, 6.07) is 2.53. The molecule has 17 heavy (non-hydrogen) atoms. The van der Waals surface area contributed by atoms with Crippen LogP contribution in [0.3, 0.4) is 0 Å². The van der Waals surface area contributed by atoms with Gasteiger partial charge in [-0.1, -0.05) is 13.0 Å². The van der Waals surface area contributed by atoms with Gasteiger partial charge in [0.25, 0.3) is 0 Å². The van der Waals surface area contributed by atoms with Crippen molar-refractivity contribution in [3.05, 3.63) is 34.9 Å². The van der Waals surface area contributed by atoms with E-state index < -0.39 is 17.7 Å². The molecule has 0 spiro atoms. The lowest BCUT2D eigenvalue weighted by molar-refractivity contribution is 0.0788. The first-order chi connectivity index (χ1) is 8.07. The summed E-state index contributed by atoms with van der Waals surface area (Å²) in [5.41, 5.74) is 0.0695. The van der Waals surface area contributed by atoms with E-state index in [4.69, 9.17) is 4.74 Å². The highest BCUT2D eigenvalue weighted by molar-refractivity contribution is 5.28. The largest absolute Gasteiger partial charge is 0.388 e. The van der Waals surface area contributed by atoms with E-state index in [0.717, 1.165) is 6.42 Å². The molecule has 0 aliphatic carbocycles. The van der Waals surface area contributed by atoms with Crippen LogP contribution < -0.4 is 0 Å². The summed E-state index contributed by atoms with van der Waals surface area (Å²) >= 11 is 0. The van der Waals surface area contributed by atoms with Gasteiger partial charge in [0.05, 0.1) is 11.7 Å². The fraction of sp³-hybridized carbons (Fsp3) is 0.538. The molecule has 4 heteroatoms. The zero-order valence-electron chi connectivity index (χ0n) is 10.2. The standard InChI is InChI=1S/C13H18F2O2/c1-3-7-17-8-6-11(16)12-10(14)5-4-9(2)13(12)15/h4-5,11,16H,3,6-8H2,1-2H3. The molecule has 0 saturated heterocycles. The van der Waals surface area contributed by atoms with E-state index in [9.17, 15) is 13.9 Å². The number of aliphatic hydroxyl groups is 1. The van der Waals surface area contributed by atoms with Crippen molar-refractivity contribution in [3.63, 3.8) is 0 Å². The number of halogens is 2. The maximum Gasteiger partial charge on any atom is 0.134 e. The lowest BCUT2D eigenvalue weighted by Gasteiger charge is -2.14. The van der Waals surface area contributed by atoms with Gasteiger partial charge in [-0.2, -0.15) is 0 Å².